The molecule has 5 nitrogen and oxygen atoms in total. The van der Waals surface area contributed by atoms with Gasteiger partial charge in [0.25, 0.3) is 0 Å². The minimum atomic E-state index is -0.164. The molecule has 1 amide bonds. The zero-order valence-electron chi connectivity index (χ0n) is 12.4. The number of piperidine rings is 1. The molecule has 2 heterocycles. The maximum Gasteiger partial charge on any atom is 0.242 e. The van der Waals surface area contributed by atoms with Crippen LogP contribution < -0.4 is 15.4 Å². The van der Waals surface area contributed by atoms with Crippen LogP contribution in [-0.4, -0.2) is 30.1 Å². The lowest BCUT2D eigenvalue weighted by Crippen LogP contribution is -2.53. The van der Waals surface area contributed by atoms with Crippen LogP contribution in [0.4, 0.5) is 5.69 Å². The fourth-order valence-corrected chi connectivity index (χ4v) is 2.56. The number of pyridine rings is 1. The number of hydrogen-bond donors (Lipinski definition) is 2. The van der Waals surface area contributed by atoms with Crippen molar-refractivity contribution in [2.45, 2.75) is 39.7 Å². The topological polar surface area (TPSA) is 63.2 Å². The van der Waals surface area contributed by atoms with Crippen molar-refractivity contribution in [3.8, 4) is 5.88 Å². The molecule has 1 atom stereocenters. The minimum Gasteiger partial charge on any atom is -0.478 e. The molecule has 110 valence electrons. The van der Waals surface area contributed by atoms with Crippen molar-refractivity contribution in [3.05, 3.63) is 18.3 Å². The number of amides is 1. The smallest absolute Gasteiger partial charge is 0.242 e. The molecule has 0 radical (unpaired) electrons. The molecule has 20 heavy (non-hydrogen) atoms. The number of anilines is 1. The highest BCUT2D eigenvalue weighted by Crippen LogP contribution is 2.30. The van der Waals surface area contributed by atoms with E-state index in [4.69, 9.17) is 4.74 Å². The fraction of sp³-hybridized carbons (Fsp3) is 0.600. The zero-order chi connectivity index (χ0) is 14.6. The molecule has 1 aliphatic heterocycles. The lowest BCUT2D eigenvalue weighted by molar-refractivity contribution is -0.121. The number of rotatable bonds is 4. The summed E-state index contributed by atoms with van der Waals surface area (Å²) in [7, 11) is 0. The van der Waals surface area contributed by atoms with Gasteiger partial charge in [-0.15, -0.1) is 0 Å². The van der Waals surface area contributed by atoms with Crippen LogP contribution in [0.2, 0.25) is 0 Å². The molecular formula is C15H23N3O2. The zero-order valence-corrected chi connectivity index (χ0v) is 12.4. The SMILES string of the molecule is CCOc1ccc(NC(=O)C2NCCCC2(C)C)cn1. The number of nitrogens with zero attached hydrogens (tertiary/aromatic N) is 1. The monoisotopic (exact) mass is 277 g/mol. The molecule has 1 saturated heterocycles. The number of ether oxygens (including phenoxy) is 1. The molecule has 0 saturated carbocycles. The normalized spacial score (nSPS) is 21.2. The van der Waals surface area contributed by atoms with Crippen molar-refractivity contribution in [1.82, 2.24) is 10.3 Å². The van der Waals surface area contributed by atoms with E-state index in [0.29, 0.717) is 18.2 Å². The Labute approximate surface area is 120 Å². The summed E-state index contributed by atoms with van der Waals surface area (Å²) in [5, 5.41) is 6.22. The fourth-order valence-electron chi connectivity index (χ4n) is 2.56. The molecule has 2 rings (SSSR count). The first kappa shape index (κ1) is 14.8. The molecule has 2 N–H and O–H groups in total. The Balaban J connectivity index is 2.00. The highest BCUT2D eigenvalue weighted by molar-refractivity contribution is 5.95. The van der Waals surface area contributed by atoms with Gasteiger partial charge in [0.15, 0.2) is 0 Å². The van der Waals surface area contributed by atoms with E-state index >= 15 is 0 Å². The number of carbonyl (C=O) groups is 1. The van der Waals surface area contributed by atoms with Gasteiger partial charge in [-0.05, 0) is 37.8 Å². The van der Waals surface area contributed by atoms with E-state index in [9.17, 15) is 4.79 Å². The highest BCUT2D eigenvalue weighted by Gasteiger charge is 2.37. The lowest BCUT2D eigenvalue weighted by atomic mass is 9.77. The molecule has 1 aliphatic rings. The summed E-state index contributed by atoms with van der Waals surface area (Å²) in [6.07, 6.45) is 3.79. The van der Waals surface area contributed by atoms with E-state index in [1.54, 1.807) is 12.3 Å². The first-order valence-electron chi connectivity index (χ1n) is 7.16. The second-order valence-electron chi connectivity index (χ2n) is 5.79. The van der Waals surface area contributed by atoms with Crippen LogP contribution in [0, 0.1) is 5.41 Å². The van der Waals surface area contributed by atoms with Crippen molar-refractivity contribution in [3.63, 3.8) is 0 Å². The average Bonchev–Trinajstić information content (AvgIpc) is 2.40. The maximum absolute atomic E-state index is 12.4. The quantitative estimate of drug-likeness (QED) is 0.885. The Morgan fingerprint density at radius 2 is 2.35 bits per heavy atom. The Morgan fingerprint density at radius 3 is 2.95 bits per heavy atom. The van der Waals surface area contributed by atoms with E-state index in [-0.39, 0.29) is 17.4 Å². The van der Waals surface area contributed by atoms with Crippen LogP contribution in [0.15, 0.2) is 18.3 Å². The van der Waals surface area contributed by atoms with E-state index in [2.05, 4.69) is 29.5 Å². The molecule has 1 unspecified atom stereocenters. The summed E-state index contributed by atoms with van der Waals surface area (Å²) in [6.45, 7) is 7.63. The molecule has 1 fully saturated rings. The van der Waals surface area contributed by atoms with Crippen molar-refractivity contribution in [1.29, 1.82) is 0 Å². The van der Waals surface area contributed by atoms with Gasteiger partial charge in [-0.2, -0.15) is 0 Å². The van der Waals surface area contributed by atoms with Crippen molar-refractivity contribution in [2.24, 2.45) is 5.41 Å². The predicted molar refractivity (Wildman–Crippen MR) is 78.8 cm³/mol. The second-order valence-corrected chi connectivity index (χ2v) is 5.79. The molecular weight excluding hydrogens is 254 g/mol. The van der Waals surface area contributed by atoms with E-state index in [0.717, 1.165) is 19.4 Å². The van der Waals surface area contributed by atoms with E-state index in [1.807, 2.05) is 13.0 Å². The van der Waals surface area contributed by atoms with Gasteiger partial charge < -0.3 is 15.4 Å². The van der Waals surface area contributed by atoms with Crippen LogP contribution in [0.5, 0.6) is 5.88 Å². The number of hydrogen-bond acceptors (Lipinski definition) is 4. The third-order valence-electron chi connectivity index (χ3n) is 3.69. The van der Waals surface area contributed by atoms with Crippen molar-refractivity contribution in [2.75, 3.05) is 18.5 Å². The first-order valence-corrected chi connectivity index (χ1v) is 7.16. The summed E-state index contributed by atoms with van der Waals surface area (Å²) < 4.78 is 5.28. The summed E-state index contributed by atoms with van der Waals surface area (Å²) in [5.41, 5.74) is 0.669. The van der Waals surface area contributed by atoms with Gasteiger partial charge in [-0.1, -0.05) is 13.8 Å². The molecule has 5 heteroatoms. The lowest BCUT2D eigenvalue weighted by Gasteiger charge is -2.38. The molecule has 0 aliphatic carbocycles. The van der Waals surface area contributed by atoms with Gasteiger partial charge in [-0.3, -0.25) is 4.79 Å². The second kappa shape index (κ2) is 6.22. The number of carbonyl (C=O) groups excluding carboxylic acids is 1. The molecule has 0 aromatic carbocycles. The molecule has 0 bridgehead atoms. The molecule has 0 spiro atoms. The van der Waals surface area contributed by atoms with Crippen LogP contribution in [0.3, 0.4) is 0 Å². The van der Waals surface area contributed by atoms with Crippen LogP contribution in [0.25, 0.3) is 0 Å². The average molecular weight is 277 g/mol. The number of nitrogens with one attached hydrogen (secondary N) is 2. The third-order valence-corrected chi connectivity index (χ3v) is 3.69. The highest BCUT2D eigenvalue weighted by atomic mass is 16.5. The van der Waals surface area contributed by atoms with Gasteiger partial charge in [-0.25, -0.2) is 4.98 Å². The molecule has 1 aromatic heterocycles. The summed E-state index contributed by atoms with van der Waals surface area (Å²) in [5.74, 6) is 0.572. The van der Waals surface area contributed by atoms with Gasteiger partial charge in [0, 0.05) is 6.07 Å². The third kappa shape index (κ3) is 3.48. The van der Waals surface area contributed by atoms with Crippen LogP contribution >= 0.6 is 0 Å². The summed E-state index contributed by atoms with van der Waals surface area (Å²) in [4.78, 5) is 16.5. The summed E-state index contributed by atoms with van der Waals surface area (Å²) in [6, 6.07) is 3.41. The van der Waals surface area contributed by atoms with Gasteiger partial charge in [0.05, 0.1) is 24.5 Å². The van der Waals surface area contributed by atoms with Crippen molar-refractivity contribution >= 4 is 11.6 Å². The van der Waals surface area contributed by atoms with E-state index in [1.165, 1.54) is 0 Å². The summed E-state index contributed by atoms with van der Waals surface area (Å²) >= 11 is 0. The maximum atomic E-state index is 12.4. The van der Waals surface area contributed by atoms with Gasteiger partial charge in [0.2, 0.25) is 11.8 Å². The van der Waals surface area contributed by atoms with Gasteiger partial charge in [0.1, 0.15) is 0 Å². The minimum absolute atomic E-state index is 0.000611. The van der Waals surface area contributed by atoms with Crippen LogP contribution in [0.1, 0.15) is 33.6 Å². The number of aromatic nitrogens is 1. The Kier molecular flexibility index (Phi) is 4.60. The Hall–Kier alpha value is -1.62. The van der Waals surface area contributed by atoms with Crippen molar-refractivity contribution < 1.29 is 9.53 Å². The molecule has 1 aromatic rings. The standard InChI is InChI=1S/C15H23N3O2/c1-4-20-12-7-6-11(10-17-12)18-14(19)13-15(2,3)8-5-9-16-13/h6-7,10,13,16H,4-5,8-9H2,1-3H3,(H,18,19). The van der Waals surface area contributed by atoms with Gasteiger partial charge >= 0.3 is 0 Å². The Bertz CT molecular complexity index is 457. The Morgan fingerprint density at radius 1 is 1.55 bits per heavy atom. The first-order chi connectivity index (χ1) is 9.53. The van der Waals surface area contributed by atoms with Crippen LogP contribution in [-0.2, 0) is 4.79 Å². The largest absolute Gasteiger partial charge is 0.478 e. The van der Waals surface area contributed by atoms with E-state index < -0.39 is 0 Å². The predicted octanol–water partition coefficient (Wildman–Crippen LogP) is 2.20.